The number of pyridine rings is 1. The first kappa shape index (κ1) is 39.6. The largest absolute Gasteiger partial charge is 0.476 e. The Kier molecular flexibility index (Phi) is 12.2. The number of nitrogens with zero attached hydrogens (tertiary/aromatic N) is 2. The highest BCUT2D eigenvalue weighted by molar-refractivity contribution is 7.90. The maximum absolute atomic E-state index is 13.7. The summed E-state index contributed by atoms with van der Waals surface area (Å²) in [4.78, 5) is 17.5. The molecular formula is C41H44Cl2N6O6S. The van der Waals surface area contributed by atoms with Gasteiger partial charge in [0.25, 0.3) is 15.9 Å². The molecule has 4 N–H and O–H groups in total. The van der Waals surface area contributed by atoms with E-state index in [1.807, 2.05) is 18.2 Å². The number of aromatic amines is 1. The van der Waals surface area contributed by atoms with E-state index in [0.29, 0.717) is 49.7 Å². The third-order valence-corrected chi connectivity index (χ3v) is 11.9. The van der Waals surface area contributed by atoms with Gasteiger partial charge in [0.2, 0.25) is 5.88 Å². The van der Waals surface area contributed by atoms with Gasteiger partial charge in [0.1, 0.15) is 21.4 Å². The fourth-order valence-electron chi connectivity index (χ4n) is 6.88. The molecule has 12 nitrogen and oxygen atoms in total. The number of H-pyrrole nitrogens is 1. The van der Waals surface area contributed by atoms with E-state index in [2.05, 4.69) is 56.5 Å². The summed E-state index contributed by atoms with van der Waals surface area (Å²) in [6, 6.07) is 19.6. The Hall–Kier alpha value is -4.66. The van der Waals surface area contributed by atoms with Crippen LogP contribution >= 0.6 is 23.2 Å². The fourth-order valence-corrected chi connectivity index (χ4v) is 8.23. The van der Waals surface area contributed by atoms with Crippen LogP contribution in [-0.4, -0.2) is 69.0 Å². The van der Waals surface area contributed by atoms with Crippen molar-refractivity contribution in [3.8, 4) is 17.4 Å². The molecule has 0 bridgehead atoms. The molecule has 1 saturated heterocycles. The maximum atomic E-state index is 13.7. The van der Waals surface area contributed by atoms with Crippen LogP contribution in [0.1, 0.15) is 55.5 Å². The summed E-state index contributed by atoms with van der Waals surface area (Å²) < 4.78 is 46.4. The quantitative estimate of drug-likeness (QED) is 0.0759. The fraction of sp³-hybridized carbons (Fsp3) is 0.341. The second-order valence-corrected chi connectivity index (χ2v) is 17.4. The normalized spacial score (nSPS) is 16.9. The van der Waals surface area contributed by atoms with Crippen LogP contribution in [0.2, 0.25) is 10.0 Å². The molecule has 1 unspecified atom stereocenters. The average Bonchev–Trinajstić information content (AvgIpc) is 3.88. The molecule has 0 saturated carbocycles. The van der Waals surface area contributed by atoms with Gasteiger partial charge >= 0.3 is 0 Å². The summed E-state index contributed by atoms with van der Waals surface area (Å²) in [6.07, 6.45) is 6.73. The molecule has 1 aliphatic heterocycles. The smallest absolute Gasteiger partial charge is 0.268 e. The third-order valence-electron chi connectivity index (χ3n) is 10.0. The van der Waals surface area contributed by atoms with Crippen molar-refractivity contribution < 1.29 is 27.4 Å². The molecule has 3 heterocycles. The number of ether oxygens (including phenoxy) is 3. The Balaban J connectivity index is 1.04. The molecule has 5 aromatic rings. The summed E-state index contributed by atoms with van der Waals surface area (Å²) in [5.74, 6) is -0.0155. The van der Waals surface area contributed by atoms with Gasteiger partial charge in [-0.3, -0.25) is 9.89 Å². The predicted molar refractivity (Wildman–Crippen MR) is 218 cm³/mol. The number of aromatic nitrogens is 3. The summed E-state index contributed by atoms with van der Waals surface area (Å²) in [7, 11) is -4.39. The van der Waals surface area contributed by atoms with Crippen molar-refractivity contribution in [1.82, 2.24) is 25.2 Å². The molecule has 2 aromatic heterocycles. The molecule has 2 aliphatic rings. The number of hydrogen-bond acceptors (Lipinski definition) is 10. The molecule has 15 heteroatoms. The molecular weight excluding hydrogens is 775 g/mol. The van der Waals surface area contributed by atoms with E-state index in [4.69, 9.17) is 37.4 Å². The molecule has 3 aromatic carbocycles. The number of hydrogen-bond donors (Lipinski definition) is 4. The molecule has 56 heavy (non-hydrogen) atoms. The second kappa shape index (κ2) is 17.2. The number of halogens is 2. The van der Waals surface area contributed by atoms with Gasteiger partial charge < -0.3 is 24.8 Å². The number of fused-ring (bicyclic) bond motifs is 1. The van der Waals surface area contributed by atoms with Gasteiger partial charge in [0.15, 0.2) is 0 Å². The minimum Gasteiger partial charge on any atom is -0.476 e. The van der Waals surface area contributed by atoms with E-state index in [1.165, 1.54) is 28.8 Å². The second-order valence-electron chi connectivity index (χ2n) is 14.9. The van der Waals surface area contributed by atoms with E-state index in [0.717, 1.165) is 49.0 Å². The van der Waals surface area contributed by atoms with Crippen LogP contribution in [0.3, 0.4) is 0 Å². The number of nitrogens with one attached hydrogen (secondary N) is 4. The number of carbonyl (C=O) groups is 1. The van der Waals surface area contributed by atoms with Gasteiger partial charge in [0.05, 0.1) is 42.1 Å². The van der Waals surface area contributed by atoms with Crippen LogP contribution in [0.25, 0.3) is 16.5 Å². The Morgan fingerprint density at radius 3 is 2.66 bits per heavy atom. The van der Waals surface area contributed by atoms with Gasteiger partial charge in [-0.25, -0.2) is 18.1 Å². The van der Waals surface area contributed by atoms with E-state index in [9.17, 15) is 13.2 Å². The van der Waals surface area contributed by atoms with Gasteiger partial charge in [-0.1, -0.05) is 60.8 Å². The number of rotatable bonds is 15. The monoisotopic (exact) mass is 818 g/mol. The molecule has 1 amide bonds. The molecule has 1 fully saturated rings. The summed E-state index contributed by atoms with van der Waals surface area (Å²) in [5.41, 5.74) is 5.63. The van der Waals surface area contributed by atoms with Crippen LogP contribution in [0.4, 0.5) is 5.69 Å². The molecule has 7 rings (SSSR count). The zero-order valence-electron chi connectivity index (χ0n) is 31.2. The molecule has 294 valence electrons. The standard InChI is InChI=1S/C41H44Cl2N6O6S/c1-41(2)14-12-28(33(20-41)27-6-8-29(42)9-7-27)21-44-15-16-45-30-10-11-32(38(18-30)55-37-5-3-4-36-34(37)23-47-48-36)39(50)49-56(51,52)31-19-35(43)40(46-22-31)54-25-26-13-17-53-24-26/h3-11,18-19,22-23,26,44-45H,12-17,20-21,24-25H2,1-2H3,(H,47,48)(H,49,50). The van der Waals surface area contributed by atoms with Crippen molar-refractivity contribution in [1.29, 1.82) is 0 Å². The van der Waals surface area contributed by atoms with E-state index in [-0.39, 0.29) is 38.4 Å². The summed E-state index contributed by atoms with van der Waals surface area (Å²) >= 11 is 12.5. The van der Waals surface area contributed by atoms with Crippen molar-refractivity contribution >= 4 is 61.3 Å². The number of anilines is 1. The number of benzene rings is 3. The van der Waals surface area contributed by atoms with Crippen molar-refractivity contribution in [2.45, 2.75) is 44.4 Å². The average molecular weight is 820 g/mol. The van der Waals surface area contributed by atoms with Crippen molar-refractivity contribution in [3.63, 3.8) is 0 Å². The van der Waals surface area contributed by atoms with Crippen LogP contribution in [0, 0.1) is 11.3 Å². The maximum Gasteiger partial charge on any atom is 0.268 e. The predicted octanol–water partition coefficient (Wildman–Crippen LogP) is 8.26. The lowest BCUT2D eigenvalue weighted by atomic mass is 9.72. The summed E-state index contributed by atoms with van der Waals surface area (Å²) in [5, 5.41) is 15.4. The topological polar surface area (TPSA) is 157 Å². The number of carbonyl (C=O) groups excluding carboxylic acids is 1. The van der Waals surface area contributed by atoms with Crippen LogP contribution in [0.5, 0.6) is 17.4 Å². The highest BCUT2D eigenvalue weighted by Gasteiger charge is 2.28. The zero-order chi connectivity index (χ0) is 39.3. The number of allylic oxidation sites excluding steroid dienone is 1. The summed E-state index contributed by atoms with van der Waals surface area (Å²) in [6.45, 7) is 8.23. The van der Waals surface area contributed by atoms with Crippen LogP contribution in [-0.2, 0) is 14.8 Å². The van der Waals surface area contributed by atoms with Gasteiger partial charge in [-0.15, -0.1) is 0 Å². The molecule has 0 radical (unpaired) electrons. The van der Waals surface area contributed by atoms with Gasteiger partial charge in [-0.05, 0) is 84.7 Å². The molecule has 1 atom stereocenters. The number of amides is 1. The lowest BCUT2D eigenvalue weighted by Crippen LogP contribution is -2.31. The van der Waals surface area contributed by atoms with Crippen LogP contribution < -0.4 is 24.8 Å². The van der Waals surface area contributed by atoms with E-state index < -0.39 is 15.9 Å². The minimum absolute atomic E-state index is 0.00238. The number of sulfonamides is 1. The SMILES string of the molecule is CC1(C)CCC(CNCCNc2ccc(C(=O)NS(=O)(=O)c3cnc(OCC4CCOC4)c(Cl)c3)c(Oc3cccc4[nH]ncc34)c2)=C(c2ccc(Cl)cc2)C1. The van der Waals surface area contributed by atoms with E-state index >= 15 is 0 Å². The van der Waals surface area contributed by atoms with E-state index in [1.54, 1.807) is 30.5 Å². The van der Waals surface area contributed by atoms with Crippen molar-refractivity contribution in [2.75, 3.05) is 44.8 Å². The third kappa shape index (κ3) is 9.64. The lowest BCUT2D eigenvalue weighted by Gasteiger charge is -2.34. The van der Waals surface area contributed by atoms with Crippen molar-refractivity contribution in [3.05, 3.63) is 106 Å². The van der Waals surface area contributed by atoms with Gasteiger partial charge in [0, 0.05) is 48.9 Å². The van der Waals surface area contributed by atoms with Gasteiger partial charge in [-0.2, -0.15) is 5.10 Å². The highest BCUT2D eigenvalue weighted by atomic mass is 35.5. The van der Waals surface area contributed by atoms with Crippen molar-refractivity contribution in [2.24, 2.45) is 11.3 Å². The Bertz CT molecular complexity index is 2340. The lowest BCUT2D eigenvalue weighted by molar-refractivity contribution is 0.0979. The first-order valence-electron chi connectivity index (χ1n) is 18.5. The highest BCUT2D eigenvalue weighted by Crippen LogP contribution is 2.43. The zero-order valence-corrected chi connectivity index (χ0v) is 33.5. The first-order chi connectivity index (χ1) is 26.9. The minimum atomic E-state index is -4.39. The molecule has 0 spiro atoms. The Morgan fingerprint density at radius 1 is 1.04 bits per heavy atom. The Labute approximate surface area is 336 Å². The Morgan fingerprint density at radius 2 is 1.88 bits per heavy atom. The van der Waals surface area contributed by atoms with Crippen LogP contribution in [0.15, 0.2) is 89.6 Å². The first-order valence-corrected chi connectivity index (χ1v) is 20.8. The molecule has 1 aliphatic carbocycles.